The van der Waals surface area contributed by atoms with Gasteiger partial charge in [-0.2, -0.15) is 0 Å². The number of hydrogen-bond acceptors (Lipinski definition) is 3. The number of fused-ring (bicyclic) bond motifs is 1. The minimum Gasteiger partial charge on any atom is -0.352 e. The highest BCUT2D eigenvalue weighted by Gasteiger charge is 2.28. The van der Waals surface area contributed by atoms with Gasteiger partial charge >= 0.3 is 0 Å². The second-order valence-electron chi connectivity index (χ2n) is 9.09. The molecule has 2 aromatic carbocycles. The monoisotopic (exact) mass is 471 g/mol. The van der Waals surface area contributed by atoms with E-state index in [2.05, 4.69) is 54.1 Å². The lowest BCUT2D eigenvalue weighted by Crippen LogP contribution is -2.42. The van der Waals surface area contributed by atoms with Crippen LogP contribution in [0.2, 0.25) is 0 Å². The van der Waals surface area contributed by atoms with E-state index >= 15 is 0 Å². The van der Waals surface area contributed by atoms with Crippen LogP contribution in [0.1, 0.15) is 39.3 Å². The number of rotatable bonds is 5. The third kappa shape index (κ3) is 4.50. The molecule has 1 aliphatic rings. The molecule has 0 atom stereocenters. The molecule has 0 unspecified atom stereocenters. The average Bonchev–Trinajstić information content (AvgIpc) is 3.46. The molecule has 3 heterocycles. The zero-order valence-corrected chi connectivity index (χ0v) is 20.4. The molecule has 0 spiro atoms. The number of likely N-dealkylation sites (tertiary alicyclic amines) is 1. The van der Waals surface area contributed by atoms with Gasteiger partial charge in [-0.15, -0.1) is 11.3 Å². The first-order valence-corrected chi connectivity index (χ1v) is 12.6. The van der Waals surface area contributed by atoms with Gasteiger partial charge in [-0.05, 0) is 56.5 Å². The molecule has 0 saturated carbocycles. The van der Waals surface area contributed by atoms with Gasteiger partial charge in [0.25, 0.3) is 5.91 Å². The number of thiophene rings is 1. The SMILES string of the molecule is Cc1cccc(CNC(=O)C2CCN(C(=O)c3ccc(-n4c(C)cc5ccccc54)s3)CC2)c1. The molecule has 1 N–H and O–H groups in total. The van der Waals surface area contributed by atoms with Crippen molar-refractivity contribution < 1.29 is 9.59 Å². The van der Waals surface area contributed by atoms with E-state index in [1.807, 2.05) is 41.3 Å². The van der Waals surface area contributed by atoms with E-state index in [0.717, 1.165) is 26.7 Å². The fourth-order valence-corrected chi connectivity index (χ4v) is 5.85. The Morgan fingerprint density at radius 3 is 2.56 bits per heavy atom. The van der Waals surface area contributed by atoms with Crippen molar-refractivity contribution >= 4 is 34.1 Å². The molecule has 6 heteroatoms. The largest absolute Gasteiger partial charge is 0.352 e. The van der Waals surface area contributed by atoms with Crippen LogP contribution < -0.4 is 5.32 Å². The van der Waals surface area contributed by atoms with Gasteiger partial charge in [-0.1, -0.05) is 48.0 Å². The van der Waals surface area contributed by atoms with Crippen molar-refractivity contribution in [2.75, 3.05) is 13.1 Å². The molecule has 1 fully saturated rings. The van der Waals surface area contributed by atoms with Crippen molar-refractivity contribution in [3.05, 3.63) is 88.4 Å². The number of amides is 2. The van der Waals surface area contributed by atoms with E-state index in [4.69, 9.17) is 0 Å². The van der Waals surface area contributed by atoms with Crippen molar-refractivity contribution in [2.24, 2.45) is 5.92 Å². The minimum absolute atomic E-state index is 0.0401. The summed E-state index contributed by atoms with van der Waals surface area (Å²) in [6.45, 7) is 5.91. The average molecular weight is 472 g/mol. The molecule has 1 aliphatic heterocycles. The maximum absolute atomic E-state index is 13.2. The number of carbonyl (C=O) groups is 2. The Bertz CT molecular complexity index is 1340. The Labute approximate surface area is 204 Å². The van der Waals surface area contributed by atoms with E-state index in [9.17, 15) is 9.59 Å². The first-order chi connectivity index (χ1) is 16.5. The van der Waals surface area contributed by atoms with Gasteiger partial charge in [-0.25, -0.2) is 0 Å². The number of carbonyl (C=O) groups excluding carboxylic acids is 2. The van der Waals surface area contributed by atoms with Crippen LogP contribution in [0.4, 0.5) is 0 Å². The van der Waals surface area contributed by atoms with Gasteiger partial charge < -0.3 is 14.8 Å². The van der Waals surface area contributed by atoms with Gasteiger partial charge in [0.1, 0.15) is 5.00 Å². The second kappa shape index (κ2) is 9.47. The van der Waals surface area contributed by atoms with Crippen molar-refractivity contribution in [3.63, 3.8) is 0 Å². The van der Waals surface area contributed by atoms with Crippen LogP contribution in [0.3, 0.4) is 0 Å². The summed E-state index contributed by atoms with van der Waals surface area (Å²) in [5.41, 5.74) is 4.61. The lowest BCUT2D eigenvalue weighted by atomic mass is 9.95. The van der Waals surface area contributed by atoms with Gasteiger partial charge in [0.05, 0.1) is 10.4 Å². The molecule has 1 saturated heterocycles. The number of hydrogen-bond donors (Lipinski definition) is 1. The maximum Gasteiger partial charge on any atom is 0.263 e. The zero-order chi connectivity index (χ0) is 23.7. The summed E-state index contributed by atoms with van der Waals surface area (Å²) in [5.74, 6) is 0.104. The topological polar surface area (TPSA) is 54.3 Å². The van der Waals surface area contributed by atoms with E-state index in [-0.39, 0.29) is 17.7 Å². The summed E-state index contributed by atoms with van der Waals surface area (Å²) >= 11 is 1.53. The van der Waals surface area contributed by atoms with Crippen LogP contribution in [0.15, 0.2) is 66.7 Å². The van der Waals surface area contributed by atoms with E-state index in [1.54, 1.807) is 0 Å². The highest BCUT2D eigenvalue weighted by atomic mass is 32.1. The van der Waals surface area contributed by atoms with E-state index < -0.39 is 0 Å². The van der Waals surface area contributed by atoms with Crippen molar-refractivity contribution in [3.8, 4) is 5.00 Å². The zero-order valence-electron chi connectivity index (χ0n) is 19.6. The van der Waals surface area contributed by atoms with Gasteiger partial charge in [-0.3, -0.25) is 9.59 Å². The smallest absolute Gasteiger partial charge is 0.263 e. The molecule has 2 amide bonds. The van der Waals surface area contributed by atoms with Crippen LogP contribution in [-0.4, -0.2) is 34.4 Å². The minimum atomic E-state index is -0.0401. The predicted molar refractivity (Wildman–Crippen MR) is 138 cm³/mol. The molecule has 174 valence electrons. The van der Waals surface area contributed by atoms with Crippen LogP contribution in [0.5, 0.6) is 0 Å². The molecule has 5 rings (SSSR count). The fourth-order valence-electron chi connectivity index (χ4n) is 4.80. The van der Waals surface area contributed by atoms with Gasteiger partial charge in [0.2, 0.25) is 5.91 Å². The number of para-hydroxylation sites is 1. The van der Waals surface area contributed by atoms with Gasteiger partial charge in [0.15, 0.2) is 0 Å². The Hall–Kier alpha value is -3.38. The molecule has 34 heavy (non-hydrogen) atoms. The number of aromatic nitrogens is 1. The summed E-state index contributed by atoms with van der Waals surface area (Å²) in [6, 6.07) is 22.6. The molecule has 0 radical (unpaired) electrons. The predicted octanol–water partition coefficient (Wildman–Crippen LogP) is 5.48. The summed E-state index contributed by atoms with van der Waals surface area (Å²) in [6.07, 6.45) is 1.40. The number of benzene rings is 2. The number of aryl methyl sites for hydroxylation is 2. The fraction of sp³-hybridized carbons (Fsp3) is 0.286. The first-order valence-electron chi connectivity index (χ1n) is 11.8. The molecular formula is C28H29N3O2S. The number of piperidine rings is 1. The molecular weight excluding hydrogens is 442 g/mol. The summed E-state index contributed by atoms with van der Waals surface area (Å²) < 4.78 is 2.21. The molecule has 0 bridgehead atoms. The van der Waals surface area contributed by atoms with E-state index in [0.29, 0.717) is 32.5 Å². The van der Waals surface area contributed by atoms with Crippen LogP contribution in [0.25, 0.3) is 15.9 Å². The summed E-state index contributed by atoms with van der Waals surface area (Å²) in [4.78, 5) is 28.5. The third-order valence-electron chi connectivity index (χ3n) is 6.62. The van der Waals surface area contributed by atoms with Crippen molar-refractivity contribution in [1.29, 1.82) is 0 Å². The van der Waals surface area contributed by atoms with Crippen LogP contribution in [-0.2, 0) is 11.3 Å². The molecule has 0 aliphatic carbocycles. The van der Waals surface area contributed by atoms with Crippen molar-refractivity contribution in [1.82, 2.24) is 14.8 Å². The second-order valence-corrected chi connectivity index (χ2v) is 10.2. The Morgan fingerprint density at radius 2 is 1.76 bits per heavy atom. The van der Waals surface area contributed by atoms with Crippen LogP contribution in [0, 0.1) is 19.8 Å². The number of nitrogens with zero attached hydrogens (tertiary/aromatic N) is 2. The lowest BCUT2D eigenvalue weighted by Gasteiger charge is -2.31. The standard InChI is InChI=1S/C28H29N3O2S/c1-19-6-5-7-21(16-19)18-29-27(32)22-12-14-30(15-13-22)28(33)25-10-11-26(34-25)31-20(2)17-23-8-3-4-9-24(23)31/h3-11,16-17,22H,12-15,18H2,1-2H3,(H,29,32). The molecule has 4 aromatic rings. The highest BCUT2D eigenvalue weighted by Crippen LogP contribution is 2.30. The van der Waals surface area contributed by atoms with E-state index in [1.165, 1.54) is 22.3 Å². The Balaban J connectivity index is 1.20. The molecule has 5 nitrogen and oxygen atoms in total. The summed E-state index contributed by atoms with van der Waals surface area (Å²) in [7, 11) is 0. The van der Waals surface area contributed by atoms with Gasteiger partial charge in [0, 0.05) is 36.6 Å². The summed E-state index contributed by atoms with van der Waals surface area (Å²) in [5, 5.41) is 5.31. The highest BCUT2D eigenvalue weighted by molar-refractivity contribution is 7.16. The Kier molecular flexibility index (Phi) is 6.24. The van der Waals surface area contributed by atoms with Crippen molar-refractivity contribution in [2.45, 2.75) is 33.2 Å². The third-order valence-corrected chi connectivity index (χ3v) is 7.68. The number of nitrogens with one attached hydrogen (secondary N) is 1. The lowest BCUT2D eigenvalue weighted by molar-refractivity contribution is -0.126. The first kappa shape index (κ1) is 22.4. The maximum atomic E-state index is 13.2. The Morgan fingerprint density at radius 1 is 0.971 bits per heavy atom. The normalized spacial score (nSPS) is 14.5. The molecule has 2 aromatic heterocycles. The van der Waals surface area contributed by atoms with Crippen LogP contribution >= 0.6 is 11.3 Å². The quantitative estimate of drug-likeness (QED) is 0.419.